The van der Waals surface area contributed by atoms with Gasteiger partial charge < -0.3 is 34.8 Å². The highest BCUT2D eigenvalue weighted by Gasteiger charge is 2.23. The lowest BCUT2D eigenvalue weighted by Gasteiger charge is -2.15. The molecule has 1 amide bonds. The van der Waals surface area contributed by atoms with E-state index in [0.717, 1.165) is 24.8 Å². The van der Waals surface area contributed by atoms with E-state index in [-0.39, 0.29) is 46.5 Å². The molecule has 11 nitrogen and oxygen atoms in total. The number of aromatic carboxylic acids is 1. The molecular weight excluding hydrogens is 921 g/mol. The van der Waals surface area contributed by atoms with Crippen LogP contribution >= 0.6 is 82.0 Å². The van der Waals surface area contributed by atoms with Gasteiger partial charge in [0.05, 0.1) is 50.9 Å². The molecule has 320 valence electrons. The van der Waals surface area contributed by atoms with Crippen LogP contribution in [0.15, 0.2) is 82.4 Å². The maximum absolute atomic E-state index is 12.9. The molecule has 0 atom stereocenters. The number of nitrogens with one attached hydrogen (secondary N) is 1. The highest BCUT2D eigenvalue weighted by molar-refractivity contribution is 6.42. The van der Waals surface area contributed by atoms with E-state index in [1.165, 1.54) is 35.0 Å². The van der Waals surface area contributed by atoms with Crippen molar-refractivity contribution in [3.63, 3.8) is 0 Å². The van der Waals surface area contributed by atoms with Crippen LogP contribution in [-0.4, -0.2) is 53.4 Å². The molecule has 2 aromatic heterocycles. The summed E-state index contributed by atoms with van der Waals surface area (Å²) in [6.45, 7) is 1.12. The highest BCUT2D eigenvalue weighted by Crippen LogP contribution is 2.29. The van der Waals surface area contributed by atoms with Crippen LogP contribution in [-0.2, 0) is 26.9 Å². The van der Waals surface area contributed by atoms with Gasteiger partial charge in [0, 0.05) is 41.5 Å². The zero-order valence-corrected chi connectivity index (χ0v) is 38.1. The Labute approximate surface area is 382 Å². The van der Waals surface area contributed by atoms with Gasteiger partial charge in [-0.3, -0.25) is 14.4 Å². The topological polar surface area (TPSA) is 155 Å². The Kier molecular flexibility index (Phi) is 19.4. The standard InChI is InChI=1S/C21H19Cl3N2O3.C12H10ClNO4.C9H11Cl2N.ClH/c1-26-17-8-6-13(22)11-14(17)18(19(29-2)21(26)28)20(27)25-9-3-4-12-5-7-15(23)16(24)10-12;1-14-8-4-3-6(13)5-7(8)9(12(16)17)10(18-2)11(14)15;10-8-4-3-7(2-1-5-12)6-9(8)11;/h5-8,10-11H,3-4,9H2,1-2H3,(H,25,27);3-5H,1-2H3,(H,16,17);3-4,6H,1-2,5,12H2;1H. The van der Waals surface area contributed by atoms with Crippen molar-refractivity contribution in [1.82, 2.24) is 14.5 Å². The van der Waals surface area contributed by atoms with Crippen molar-refractivity contribution in [1.29, 1.82) is 0 Å². The lowest BCUT2D eigenvalue weighted by atomic mass is 10.1. The summed E-state index contributed by atoms with van der Waals surface area (Å²) in [6.07, 6.45) is 3.36. The Balaban J connectivity index is 0.000000264. The maximum Gasteiger partial charge on any atom is 0.340 e. The van der Waals surface area contributed by atoms with Gasteiger partial charge in [-0.15, -0.1) is 12.4 Å². The molecule has 4 N–H and O–H groups in total. The van der Waals surface area contributed by atoms with Crippen LogP contribution in [0, 0.1) is 0 Å². The number of amides is 1. The average molecular weight is 962 g/mol. The lowest BCUT2D eigenvalue weighted by Crippen LogP contribution is -2.29. The van der Waals surface area contributed by atoms with Gasteiger partial charge in [-0.25, -0.2) is 4.79 Å². The number of carboxylic acids is 1. The lowest BCUT2D eigenvalue weighted by molar-refractivity contribution is 0.0694. The predicted octanol–water partition coefficient (Wildman–Crippen LogP) is 10.1. The third kappa shape index (κ3) is 12.2. The number of fused-ring (bicyclic) bond motifs is 2. The van der Waals surface area contributed by atoms with Crippen molar-refractivity contribution in [2.24, 2.45) is 19.8 Å². The Hall–Kier alpha value is -4.17. The largest absolute Gasteiger partial charge is 0.490 e. The smallest absolute Gasteiger partial charge is 0.340 e. The number of carbonyl (C=O) groups is 2. The molecule has 0 unspecified atom stereocenters. The number of aromatic nitrogens is 2. The van der Waals surface area contributed by atoms with Crippen LogP contribution < -0.4 is 31.6 Å². The van der Waals surface area contributed by atoms with Crippen LogP contribution in [0.25, 0.3) is 21.8 Å². The van der Waals surface area contributed by atoms with Crippen molar-refractivity contribution in [2.45, 2.75) is 25.7 Å². The minimum absolute atomic E-state index is 0. The third-order valence-electron chi connectivity index (χ3n) is 9.05. The molecule has 0 saturated heterocycles. The van der Waals surface area contributed by atoms with Crippen LogP contribution in [0.5, 0.6) is 11.5 Å². The van der Waals surface area contributed by atoms with Gasteiger partial charge in [-0.2, -0.15) is 0 Å². The summed E-state index contributed by atoms with van der Waals surface area (Å²) < 4.78 is 12.9. The number of pyridine rings is 2. The summed E-state index contributed by atoms with van der Waals surface area (Å²) in [4.78, 5) is 48.8. The van der Waals surface area contributed by atoms with E-state index in [1.54, 1.807) is 50.5 Å². The molecule has 2 heterocycles. The molecule has 0 bridgehead atoms. The second kappa shape index (κ2) is 23.2. The molecule has 0 saturated carbocycles. The van der Waals surface area contributed by atoms with Gasteiger partial charge >= 0.3 is 5.97 Å². The fourth-order valence-electron chi connectivity index (χ4n) is 6.08. The molecule has 4 aromatic carbocycles. The first kappa shape index (κ1) is 50.2. The Morgan fingerprint density at radius 2 is 1.08 bits per heavy atom. The molecule has 18 heteroatoms. The van der Waals surface area contributed by atoms with Crippen LogP contribution in [0.3, 0.4) is 0 Å². The maximum atomic E-state index is 12.9. The molecule has 0 spiro atoms. The first-order valence-corrected chi connectivity index (χ1v) is 20.1. The number of hydrogen-bond donors (Lipinski definition) is 3. The molecule has 0 aliphatic rings. The van der Waals surface area contributed by atoms with Crippen molar-refractivity contribution in [3.05, 3.63) is 146 Å². The summed E-state index contributed by atoms with van der Waals surface area (Å²) >= 11 is 35.5. The number of halogens is 7. The zero-order valence-electron chi connectivity index (χ0n) is 32.7. The first-order chi connectivity index (χ1) is 28.0. The molecule has 60 heavy (non-hydrogen) atoms. The fraction of sp³-hybridized carbons (Fsp3) is 0.238. The number of carboxylic acid groups (broad SMARTS) is 1. The summed E-state index contributed by atoms with van der Waals surface area (Å²) in [5.41, 5.74) is 7.82. The predicted molar refractivity (Wildman–Crippen MR) is 247 cm³/mol. The minimum atomic E-state index is -1.23. The number of benzene rings is 4. The number of methoxy groups -OCH3 is 2. The van der Waals surface area contributed by atoms with Gasteiger partial charge in [-0.05, 0) is 104 Å². The van der Waals surface area contributed by atoms with Crippen molar-refractivity contribution in [3.8, 4) is 11.5 Å². The van der Waals surface area contributed by atoms with E-state index < -0.39 is 11.5 Å². The molecule has 0 aliphatic heterocycles. The SMILES string of the molecule is COc1c(C(=O)NCCCc2ccc(Cl)c(Cl)c2)c2cc(Cl)ccc2n(C)c1=O.COc1c(C(=O)O)c2cc(Cl)ccc2n(C)c1=O.Cl.NCCCc1ccc(Cl)c(Cl)c1. The van der Waals surface area contributed by atoms with E-state index >= 15 is 0 Å². The normalized spacial score (nSPS) is 10.5. The van der Waals surface area contributed by atoms with E-state index in [0.29, 0.717) is 71.5 Å². The van der Waals surface area contributed by atoms with E-state index in [4.69, 9.17) is 84.8 Å². The number of ether oxygens (including phenoxy) is 2. The number of aryl methyl sites for hydroxylation is 4. The second-order valence-electron chi connectivity index (χ2n) is 12.9. The minimum Gasteiger partial charge on any atom is -0.490 e. The van der Waals surface area contributed by atoms with Gasteiger partial charge in [0.1, 0.15) is 5.56 Å². The number of rotatable bonds is 11. The quantitative estimate of drug-likeness (QED) is 0.108. The van der Waals surface area contributed by atoms with Crippen LogP contribution in [0.1, 0.15) is 44.7 Å². The van der Waals surface area contributed by atoms with Gasteiger partial charge in [0.15, 0.2) is 11.5 Å². The molecule has 6 aromatic rings. The van der Waals surface area contributed by atoms with E-state index in [9.17, 15) is 24.3 Å². The molecular formula is C42H41Cl7N4O7. The fourth-order valence-corrected chi connectivity index (χ4v) is 7.07. The number of carbonyl (C=O) groups excluding carboxylic acids is 1. The summed E-state index contributed by atoms with van der Waals surface area (Å²) in [5, 5.41) is 16.1. The molecule has 0 radical (unpaired) electrons. The van der Waals surface area contributed by atoms with Crippen LogP contribution in [0.2, 0.25) is 30.1 Å². The Bertz CT molecular complexity index is 2630. The Morgan fingerprint density at radius 3 is 1.50 bits per heavy atom. The molecule has 6 rings (SSSR count). The zero-order chi connectivity index (χ0) is 43.6. The third-order valence-corrected chi connectivity index (χ3v) is 11.0. The van der Waals surface area contributed by atoms with Crippen molar-refractivity contribution >= 4 is 116 Å². The summed E-state index contributed by atoms with van der Waals surface area (Å²) in [5.74, 6) is -1.82. The highest BCUT2D eigenvalue weighted by atomic mass is 35.5. The van der Waals surface area contributed by atoms with Gasteiger partial charge in [0.2, 0.25) is 0 Å². The second-order valence-corrected chi connectivity index (χ2v) is 15.4. The first-order valence-electron chi connectivity index (χ1n) is 17.9. The van der Waals surface area contributed by atoms with E-state index in [1.807, 2.05) is 30.3 Å². The molecule has 0 fully saturated rings. The average Bonchev–Trinajstić information content (AvgIpc) is 3.20. The van der Waals surface area contributed by atoms with Crippen LogP contribution in [0.4, 0.5) is 0 Å². The monoisotopic (exact) mass is 958 g/mol. The van der Waals surface area contributed by atoms with Gasteiger partial charge in [-0.1, -0.05) is 81.7 Å². The number of hydrogen-bond acceptors (Lipinski definition) is 7. The Morgan fingerprint density at radius 1 is 0.650 bits per heavy atom. The molecule has 0 aliphatic carbocycles. The van der Waals surface area contributed by atoms with Crippen molar-refractivity contribution in [2.75, 3.05) is 27.3 Å². The number of nitrogens with two attached hydrogens (primary N) is 1. The summed E-state index contributed by atoms with van der Waals surface area (Å²) in [7, 11) is 5.81. The number of nitrogens with zero attached hydrogens (tertiary/aromatic N) is 2. The van der Waals surface area contributed by atoms with E-state index in [2.05, 4.69) is 5.32 Å². The summed E-state index contributed by atoms with van der Waals surface area (Å²) in [6, 6.07) is 20.9. The van der Waals surface area contributed by atoms with Crippen molar-refractivity contribution < 1.29 is 24.2 Å². The van der Waals surface area contributed by atoms with Gasteiger partial charge in [0.25, 0.3) is 17.0 Å².